The molecule has 0 fully saturated rings. The van der Waals surface area contributed by atoms with Crippen LogP contribution in [0.25, 0.3) is 0 Å². The Balaban J connectivity index is 3.08. The van der Waals surface area contributed by atoms with Crippen LogP contribution in [0, 0.1) is 5.82 Å². The lowest BCUT2D eigenvalue weighted by Gasteiger charge is -2.13. The summed E-state index contributed by atoms with van der Waals surface area (Å²) < 4.78 is 50.1. The Morgan fingerprint density at radius 3 is 2.44 bits per heavy atom. The molecule has 1 rings (SSSR count). The van der Waals surface area contributed by atoms with Gasteiger partial charge in [-0.15, -0.1) is 0 Å². The van der Waals surface area contributed by atoms with Crippen LogP contribution in [-0.2, 0) is 11.0 Å². The summed E-state index contributed by atoms with van der Waals surface area (Å²) in [6, 6.07) is 2.39. The van der Waals surface area contributed by atoms with E-state index in [2.05, 4.69) is 4.84 Å². The van der Waals surface area contributed by atoms with Gasteiger partial charge >= 0.3 is 6.18 Å². The van der Waals surface area contributed by atoms with Crippen LogP contribution in [0.15, 0.2) is 18.2 Å². The number of halogens is 4. The molecule has 16 heavy (non-hydrogen) atoms. The van der Waals surface area contributed by atoms with Crippen LogP contribution in [0.5, 0.6) is 0 Å². The number of nitrogens with two attached hydrogens (primary N) is 1. The second-order valence-corrected chi connectivity index (χ2v) is 3.51. The molecule has 0 saturated carbocycles. The number of benzene rings is 1. The minimum Gasteiger partial charge on any atom is -0.304 e. The monoisotopic (exact) mass is 237 g/mol. The summed E-state index contributed by atoms with van der Waals surface area (Å²) in [5, 5.41) is 0. The van der Waals surface area contributed by atoms with Crippen LogP contribution in [0.4, 0.5) is 17.6 Å². The average molecular weight is 237 g/mol. The Morgan fingerprint density at radius 2 is 1.94 bits per heavy atom. The molecule has 0 aliphatic rings. The van der Waals surface area contributed by atoms with Crippen molar-refractivity contribution in [3.8, 4) is 0 Å². The lowest BCUT2D eigenvalue weighted by molar-refractivity contribution is -0.137. The molecule has 2 nitrogen and oxygen atoms in total. The van der Waals surface area contributed by atoms with Crippen molar-refractivity contribution in [2.45, 2.75) is 19.0 Å². The Bertz CT molecular complexity index is 364. The van der Waals surface area contributed by atoms with Crippen LogP contribution in [0.2, 0.25) is 0 Å². The first-order valence-electron chi connectivity index (χ1n) is 4.54. The van der Waals surface area contributed by atoms with Crippen molar-refractivity contribution in [2.75, 3.05) is 6.61 Å². The van der Waals surface area contributed by atoms with E-state index in [9.17, 15) is 17.6 Å². The third-order valence-electron chi connectivity index (χ3n) is 2.16. The maximum absolute atomic E-state index is 13.0. The van der Waals surface area contributed by atoms with Gasteiger partial charge in [0.25, 0.3) is 0 Å². The standard InChI is InChI=1S/C10H11F4NO/c1-6(5-16-15)7-2-8(10(12,13)14)4-9(11)3-7/h2-4,6H,5,15H2,1H3. The van der Waals surface area contributed by atoms with Gasteiger partial charge in [0.15, 0.2) is 0 Å². The van der Waals surface area contributed by atoms with Crippen molar-refractivity contribution >= 4 is 0 Å². The van der Waals surface area contributed by atoms with Crippen molar-refractivity contribution in [1.29, 1.82) is 0 Å². The van der Waals surface area contributed by atoms with Gasteiger partial charge in [0, 0.05) is 5.92 Å². The Morgan fingerprint density at radius 1 is 1.31 bits per heavy atom. The van der Waals surface area contributed by atoms with Crippen LogP contribution in [0.3, 0.4) is 0 Å². The summed E-state index contributed by atoms with van der Waals surface area (Å²) in [6.45, 7) is 1.63. The molecule has 0 amide bonds. The molecule has 0 heterocycles. The quantitative estimate of drug-likeness (QED) is 0.648. The highest BCUT2D eigenvalue weighted by Crippen LogP contribution is 2.32. The normalized spacial score (nSPS) is 13.9. The zero-order valence-corrected chi connectivity index (χ0v) is 8.51. The molecular weight excluding hydrogens is 226 g/mol. The highest BCUT2D eigenvalue weighted by Gasteiger charge is 2.31. The number of hydrogen-bond acceptors (Lipinski definition) is 2. The van der Waals surface area contributed by atoms with E-state index in [0.717, 1.165) is 12.1 Å². The Hall–Kier alpha value is -1.14. The predicted molar refractivity (Wildman–Crippen MR) is 50.0 cm³/mol. The number of alkyl halides is 3. The molecule has 1 atom stereocenters. The maximum Gasteiger partial charge on any atom is 0.416 e. The largest absolute Gasteiger partial charge is 0.416 e. The van der Waals surface area contributed by atoms with Crippen molar-refractivity contribution in [1.82, 2.24) is 0 Å². The lowest BCUT2D eigenvalue weighted by Crippen LogP contribution is -2.11. The van der Waals surface area contributed by atoms with Crippen molar-refractivity contribution in [3.05, 3.63) is 35.1 Å². The first-order valence-corrected chi connectivity index (χ1v) is 4.54. The molecule has 1 unspecified atom stereocenters. The summed E-state index contributed by atoms with van der Waals surface area (Å²) in [7, 11) is 0. The summed E-state index contributed by atoms with van der Waals surface area (Å²) in [6.07, 6.45) is -4.56. The van der Waals surface area contributed by atoms with Gasteiger partial charge in [-0.25, -0.2) is 10.3 Å². The van der Waals surface area contributed by atoms with Gasteiger partial charge in [-0.1, -0.05) is 6.92 Å². The summed E-state index contributed by atoms with van der Waals surface area (Å²) in [5.74, 6) is 3.49. The van der Waals surface area contributed by atoms with Crippen molar-refractivity contribution in [3.63, 3.8) is 0 Å². The van der Waals surface area contributed by atoms with E-state index in [0.29, 0.717) is 6.07 Å². The predicted octanol–water partition coefficient (Wildman–Crippen LogP) is 2.84. The van der Waals surface area contributed by atoms with E-state index in [1.807, 2.05) is 0 Å². The third-order valence-corrected chi connectivity index (χ3v) is 2.16. The first kappa shape index (κ1) is 12.9. The fourth-order valence-electron chi connectivity index (χ4n) is 1.30. The summed E-state index contributed by atoms with van der Waals surface area (Å²) in [4.78, 5) is 4.32. The molecule has 1 aromatic rings. The van der Waals surface area contributed by atoms with E-state index < -0.39 is 23.5 Å². The lowest BCUT2D eigenvalue weighted by atomic mass is 9.99. The molecule has 2 N–H and O–H groups in total. The molecule has 0 bridgehead atoms. The van der Waals surface area contributed by atoms with Gasteiger partial charge in [0.2, 0.25) is 0 Å². The van der Waals surface area contributed by atoms with Gasteiger partial charge in [-0.05, 0) is 23.8 Å². The van der Waals surface area contributed by atoms with Gasteiger partial charge in [0.1, 0.15) is 5.82 Å². The van der Waals surface area contributed by atoms with E-state index in [4.69, 9.17) is 5.90 Å². The van der Waals surface area contributed by atoms with Crippen LogP contribution < -0.4 is 5.90 Å². The molecular formula is C10H11F4NO. The molecule has 0 saturated heterocycles. The van der Waals surface area contributed by atoms with Crippen LogP contribution in [-0.4, -0.2) is 6.61 Å². The van der Waals surface area contributed by atoms with E-state index in [-0.39, 0.29) is 12.2 Å². The van der Waals surface area contributed by atoms with Gasteiger partial charge in [-0.2, -0.15) is 13.2 Å². The topological polar surface area (TPSA) is 35.2 Å². The molecule has 0 radical (unpaired) electrons. The summed E-state index contributed by atoms with van der Waals surface area (Å²) in [5.41, 5.74) is -0.802. The van der Waals surface area contributed by atoms with E-state index >= 15 is 0 Å². The summed E-state index contributed by atoms with van der Waals surface area (Å²) >= 11 is 0. The highest BCUT2D eigenvalue weighted by molar-refractivity contribution is 5.29. The molecule has 0 spiro atoms. The molecule has 0 aliphatic heterocycles. The zero-order chi connectivity index (χ0) is 12.3. The van der Waals surface area contributed by atoms with Crippen molar-refractivity contribution in [2.24, 2.45) is 5.90 Å². The highest BCUT2D eigenvalue weighted by atomic mass is 19.4. The first-order chi connectivity index (χ1) is 7.34. The molecule has 6 heteroatoms. The molecule has 90 valence electrons. The molecule has 0 aliphatic carbocycles. The van der Waals surface area contributed by atoms with Crippen LogP contribution in [0.1, 0.15) is 24.0 Å². The van der Waals surface area contributed by atoms with Gasteiger partial charge in [0.05, 0.1) is 12.2 Å². The number of rotatable bonds is 3. The smallest absolute Gasteiger partial charge is 0.304 e. The number of hydrogen-bond donors (Lipinski definition) is 1. The van der Waals surface area contributed by atoms with E-state index in [1.54, 1.807) is 6.92 Å². The maximum atomic E-state index is 13.0. The fraction of sp³-hybridized carbons (Fsp3) is 0.400. The fourth-order valence-corrected chi connectivity index (χ4v) is 1.30. The van der Waals surface area contributed by atoms with Gasteiger partial charge in [-0.3, -0.25) is 0 Å². The Kier molecular flexibility index (Phi) is 3.88. The second-order valence-electron chi connectivity index (χ2n) is 3.51. The van der Waals surface area contributed by atoms with E-state index in [1.165, 1.54) is 0 Å². The Labute approximate surface area is 90.0 Å². The minimum atomic E-state index is -4.56. The third kappa shape index (κ3) is 3.18. The SMILES string of the molecule is CC(CON)c1cc(F)cc(C(F)(F)F)c1. The average Bonchev–Trinajstić information content (AvgIpc) is 2.16. The minimum absolute atomic E-state index is 0.0285. The van der Waals surface area contributed by atoms with Crippen LogP contribution >= 0.6 is 0 Å². The molecule has 0 aromatic heterocycles. The zero-order valence-electron chi connectivity index (χ0n) is 8.51. The van der Waals surface area contributed by atoms with Crippen molar-refractivity contribution < 1.29 is 22.4 Å². The molecule has 1 aromatic carbocycles. The van der Waals surface area contributed by atoms with Gasteiger partial charge < -0.3 is 4.84 Å². The second kappa shape index (κ2) is 4.80.